The van der Waals surface area contributed by atoms with E-state index in [0.717, 1.165) is 38.5 Å². The zero-order valence-electron chi connectivity index (χ0n) is 13.7. The van der Waals surface area contributed by atoms with Crippen molar-refractivity contribution in [2.75, 3.05) is 19.6 Å². The van der Waals surface area contributed by atoms with E-state index in [2.05, 4.69) is 15.2 Å². The van der Waals surface area contributed by atoms with Crippen LogP contribution in [0.3, 0.4) is 0 Å². The highest BCUT2D eigenvalue weighted by molar-refractivity contribution is 6.02. The first-order chi connectivity index (χ1) is 12.3. The Morgan fingerprint density at radius 3 is 2.58 bits per heavy atom. The summed E-state index contributed by atoms with van der Waals surface area (Å²) in [6.07, 6.45) is -1.70. The second-order valence-electron chi connectivity index (χ2n) is 6.76. The fraction of sp³-hybridized carbons (Fsp3) is 0.471. The van der Waals surface area contributed by atoms with Gasteiger partial charge in [-0.1, -0.05) is 0 Å². The van der Waals surface area contributed by atoms with Crippen LogP contribution in [0.25, 0.3) is 11.0 Å². The van der Waals surface area contributed by atoms with Crippen LogP contribution < -0.4 is 5.32 Å². The van der Waals surface area contributed by atoms with Crippen LogP contribution >= 0.6 is 0 Å². The van der Waals surface area contributed by atoms with Crippen molar-refractivity contribution in [3.05, 3.63) is 29.8 Å². The molecule has 2 bridgehead atoms. The summed E-state index contributed by atoms with van der Waals surface area (Å²) in [5, 5.41) is 3.19. The van der Waals surface area contributed by atoms with Crippen molar-refractivity contribution >= 4 is 22.7 Å². The lowest BCUT2D eigenvalue weighted by molar-refractivity contribution is -0.0898. The highest BCUT2D eigenvalue weighted by Crippen LogP contribution is 2.28. The van der Waals surface area contributed by atoms with Crippen molar-refractivity contribution in [3.8, 4) is 0 Å². The molecule has 5 rings (SSSR count). The Morgan fingerprint density at radius 1 is 1.23 bits per heavy atom. The van der Waals surface area contributed by atoms with Crippen molar-refractivity contribution in [1.82, 2.24) is 15.2 Å². The number of fused-ring (bicyclic) bond motifs is 4. The summed E-state index contributed by atoms with van der Waals surface area (Å²) in [4.78, 5) is 30.0. The molecule has 0 saturated carbocycles. The Labute approximate surface area is 146 Å². The average Bonchev–Trinajstić information content (AvgIpc) is 3.04. The third kappa shape index (κ3) is 3.07. The van der Waals surface area contributed by atoms with Crippen LogP contribution in [0, 0.1) is 5.92 Å². The first-order valence-corrected chi connectivity index (χ1v) is 8.35. The third-order valence-corrected chi connectivity index (χ3v) is 5.09. The topological polar surface area (TPSA) is 75.4 Å². The molecule has 2 aromatic rings. The number of carbonyl (C=O) groups is 2. The number of amides is 1. The van der Waals surface area contributed by atoms with Crippen LogP contribution in [0.15, 0.2) is 22.7 Å². The molecule has 26 heavy (non-hydrogen) atoms. The molecule has 3 aliphatic heterocycles. The van der Waals surface area contributed by atoms with E-state index < -0.39 is 23.6 Å². The second kappa shape index (κ2) is 6.08. The summed E-state index contributed by atoms with van der Waals surface area (Å²) in [6.45, 7) is 2.89. The van der Waals surface area contributed by atoms with Crippen molar-refractivity contribution < 1.29 is 27.2 Å². The van der Waals surface area contributed by atoms with Crippen LogP contribution in [0.2, 0.25) is 0 Å². The molecule has 1 N–H and O–H groups in total. The van der Waals surface area contributed by atoms with E-state index in [9.17, 15) is 22.8 Å². The van der Waals surface area contributed by atoms with Crippen LogP contribution in [0.5, 0.6) is 0 Å². The Bertz CT molecular complexity index is 869. The first kappa shape index (κ1) is 17.0. The number of piperidine rings is 3. The third-order valence-electron chi connectivity index (χ3n) is 5.09. The number of rotatable bonds is 3. The van der Waals surface area contributed by atoms with Gasteiger partial charge in [0.1, 0.15) is 11.3 Å². The van der Waals surface area contributed by atoms with E-state index >= 15 is 0 Å². The van der Waals surface area contributed by atoms with E-state index in [-0.39, 0.29) is 22.7 Å². The van der Waals surface area contributed by atoms with Crippen LogP contribution in [-0.4, -0.2) is 53.4 Å². The van der Waals surface area contributed by atoms with Gasteiger partial charge in [-0.25, -0.2) is 0 Å². The monoisotopic (exact) mass is 367 g/mol. The summed E-state index contributed by atoms with van der Waals surface area (Å²) in [7, 11) is 0. The minimum absolute atomic E-state index is 0.0201. The lowest BCUT2D eigenvalue weighted by atomic mass is 9.84. The van der Waals surface area contributed by atoms with Gasteiger partial charge in [-0.2, -0.15) is 13.2 Å². The molecule has 1 atom stereocenters. The molecule has 5 heterocycles. The number of alkyl halides is 3. The molecule has 1 amide bonds. The molecule has 0 radical (unpaired) electrons. The number of furan rings is 1. The zero-order valence-corrected chi connectivity index (χ0v) is 13.7. The van der Waals surface area contributed by atoms with Gasteiger partial charge >= 0.3 is 12.0 Å². The van der Waals surface area contributed by atoms with Crippen LogP contribution in [0.4, 0.5) is 13.2 Å². The molecule has 9 heteroatoms. The molecule has 6 nitrogen and oxygen atoms in total. The second-order valence-corrected chi connectivity index (χ2v) is 6.76. The van der Waals surface area contributed by atoms with E-state index in [1.807, 2.05) is 0 Å². The minimum atomic E-state index is -5.02. The van der Waals surface area contributed by atoms with Gasteiger partial charge in [0.25, 0.3) is 5.91 Å². The van der Waals surface area contributed by atoms with E-state index in [4.69, 9.17) is 4.42 Å². The number of Topliss-reactive ketones (excluding diaryl/α,β-unsaturated/α-hetero) is 1. The van der Waals surface area contributed by atoms with Gasteiger partial charge in [-0.05, 0) is 37.9 Å². The standard InChI is InChI=1S/C17H16F3N3O3/c18-17(19,20)15(24)14-5-10-7-21-11(6-13(10)26-14)16(25)22-12-8-23-3-1-9(12)2-4-23/h5-7,9,12H,1-4,8H2,(H,22,25). The first-order valence-electron chi connectivity index (χ1n) is 8.35. The minimum Gasteiger partial charge on any atom is -0.452 e. The predicted molar refractivity (Wildman–Crippen MR) is 84.8 cm³/mol. The molecular formula is C17H16F3N3O3. The lowest BCUT2D eigenvalue weighted by Crippen LogP contribution is -2.57. The van der Waals surface area contributed by atoms with Crippen LogP contribution in [0.1, 0.15) is 33.9 Å². The van der Waals surface area contributed by atoms with Crippen molar-refractivity contribution in [2.24, 2.45) is 5.92 Å². The molecule has 3 aliphatic rings. The fourth-order valence-corrected chi connectivity index (χ4v) is 3.68. The smallest absolute Gasteiger partial charge is 0.452 e. The zero-order chi connectivity index (χ0) is 18.5. The van der Waals surface area contributed by atoms with Crippen LogP contribution in [-0.2, 0) is 0 Å². The number of ketones is 1. The largest absolute Gasteiger partial charge is 0.458 e. The maximum absolute atomic E-state index is 12.5. The van der Waals surface area contributed by atoms with E-state index in [1.165, 1.54) is 12.3 Å². The number of carbonyl (C=O) groups excluding carboxylic acids is 2. The number of halogens is 3. The number of hydrogen-bond donors (Lipinski definition) is 1. The number of pyridine rings is 1. The molecule has 1 unspecified atom stereocenters. The number of hydrogen-bond acceptors (Lipinski definition) is 5. The molecule has 0 aliphatic carbocycles. The van der Waals surface area contributed by atoms with Gasteiger partial charge in [0.05, 0.1) is 0 Å². The number of aromatic nitrogens is 1. The van der Waals surface area contributed by atoms with Gasteiger partial charge < -0.3 is 14.6 Å². The average molecular weight is 367 g/mol. The molecule has 2 aromatic heterocycles. The Morgan fingerprint density at radius 2 is 1.96 bits per heavy atom. The normalized spacial score (nSPS) is 25.4. The fourth-order valence-electron chi connectivity index (χ4n) is 3.68. The van der Waals surface area contributed by atoms with Crippen molar-refractivity contribution in [3.63, 3.8) is 0 Å². The lowest BCUT2D eigenvalue weighted by Gasteiger charge is -2.44. The van der Waals surface area contributed by atoms with E-state index in [1.54, 1.807) is 0 Å². The van der Waals surface area contributed by atoms with Gasteiger partial charge in [0, 0.05) is 30.2 Å². The van der Waals surface area contributed by atoms with Crippen molar-refractivity contribution in [1.29, 1.82) is 0 Å². The Balaban J connectivity index is 1.53. The summed E-state index contributed by atoms with van der Waals surface area (Å²) in [5.74, 6) is -2.84. The van der Waals surface area contributed by atoms with Gasteiger partial charge in [-0.15, -0.1) is 0 Å². The summed E-state index contributed by atoms with van der Waals surface area (Å²) >= 11 is 0. The summed E-state index contributed by atoms with van der Waals surface area (Å²) in [5.41, 5.74) is 0.0703. The summed E-state index contributed by atoms with van der Waals surface area (Å²) in [6, 6.07) is 2.29. The molecule has 0 spiro atoms. The highest BCUT2D eigenvalue weighted by Gasteiger charge is 2.41. The van der Waals surface area contributed by atoms with Gasteiger partial charge in [0.2, 0.25) is 0 Å². The summed E-state index contributed by atoms with van der Waals surface area (Å²) < 4.78 is 42.5. The molecule has 0 aromatic carbocycles. The molecule has 3 fully saturated rings. The SMILES string of the molecule is O=C(NC1CN2CCC1CC2)c1cc2oc(C(=O)C(F)(F)F)cc2cn1. The number of nitrogens with zero attached hydrogens (tertiary/aromatic N) is 2. The maximum Gasteiger partial charge on any atom is 0.458 e. The van der Waals surface area contributed by atoms with E-state index in [0.29, 0.717) is 5.92 Å². The maximum atomic E-state index is 12.5. The van der Waals surface area contributed by atoms with Crippen molar-refractivity contribution in [2.45, 2.75) is 25.1 Å². The van der Waals surface area contributed by atoms with Gasteiger partial charge in [0.15, 0.2) is 5.76 Å². The molecular weight excluding hydrogens is 351 g/mol. The highest BCUT2D eigenvalue weighted by atomic mass is 19.4. The van der Waals surface area contributed by atoms with Gasteiger partial charge in [-0.3, -0.25) is 14.6 Å². The quantitative estimate of drug-likeness (QED) is 0.844. The Hall–Kier alpha value is -2.42. The predicted octanol–water partition coefficient (Wildman–Crippen LogP) is 2.40. The number of nitrogens with one attached hydrogen (secondary N) is 1. The Kier molecular flexibility index (Phi) is 3.98. The molecule has 3 saturated heterocycles. The molecule has 138 valence electrons.